The maximum atomic E-state index is 5.91. The molecule has 0 spiro atoms. The maximum Gasteiger partial charge on any atom is 0.140 e. The summed E-state index contributed by atoms with van der Waals surface area (Å²) in [5.74, 6) is 0.562. The Morgan fingerprint density at radius 3 is 3.06 bits per heavy atom. The maximum absolute atomic E-state index is 5.91. The number of hydrogen-bond acceptors (Lipinski definition) is 3. The lowest BCUT2D eigenvalue weighted by Gasteiger charge is -2.38. The molecule has 0 radical (unpaired) electrons. The van der Waals surface area contributed by atoms with Gasteiger partial charge in [0.25, 0.3) is 0 Å². The molecule has 1 aliphatic heterocycles. The quantitative estimate of drug-likeness (QED) is 0.869. The minimum atomic E-state index is -0.0617. The molecule has 1 saturated heterocycles. The normalized spacial score (nSPS) is 30.6. The molecule has 1 aromatic heterocycles. The largest absolute Gasteiger partial charge is 0.383 e. The Bertz CT molecular complexity index is 379. The van der Waals surface area contributed by atoms with E-state index in [0.717, 1.165) is 25.9 Å². The summed E-state index contributed by atoms with van der Waals surface area (Å²) in [4.78, 5) is 0. The van der Waals surface area contributed by atoms with Crippen LogP contribution in [0.5, 0.6) is 0 Å². The van der Waals surface area contributed by atoms with Crippen molar-refractivity contribution in [2.45, 2.75) is 44.8 Å². The van der Waals surface area contributed by atoms with Crippen LogP contribution >= 0.6 is 11.6 Å². The zero-order valence-corrected chi connectivity index (χ0v) is 10.5. The van der Waals surface area contributed by atoms with Crippen LogP contribution in [0.1, 0.15) is 39.2 Å². The summed E-state index contributed by atoms with van der Waals surface area (Å²) in [6, 6.07) is 0.297. The van der Waals surface area contributed by atoms with Crippen molar-refractivity contribution in [3.63, 3.8) is 0 Å². The first kappa shape index (κ1) is 11.7. The van der Waals surface area contributed by atoms with Gasteiger partial charge in [0.2, 0.25) is 0 Å². The number of nitrogens with two attached hydrogens (primary N) is 1. The molecule has 4 nitrogen and oxygen atoms in total. The molecule has 1 aliphatic rings. The molecule has 2 N–H and O–H groups in total. The fraction of sp³-hybridized carbons (Fsp3) is 0.727. The predicted octanol–water partition coefficient (Wildman–Crippen LogP) is 2.64. The first-order valence-corrected chi connectivity index (χ1v) is 6.06. The van der Waals surface area contributed by atoms with Crippen molar-refractivity contribution in [1.82, 2.24) is 9.78 Å². The lowest BCUT2D eigenvalue weighted by atomic mass is 9.90. The Balaban J connectivity index is 2.19. The molecule has 2 atom stereocenters. The highest BCUT2D eigenvalue weighted by molar-refractivity contribution is 6.32. The van der Waals surface area contributed by atoms with Gasteiger partial charge >= 0.3 is 0 Å². The number of halogens is 1. The number of aromatic nitrogens is 2. The van der Waals surface area contributed by atoms with Crippen LogP contribution in [-0.2, 0) is 4.74 Å². The summed E-state index contributed by atoms with van der Waals surface area (Å²) >= 11 is 5.91. The Labute approximate surface area is 101 Å². The highest BCUT2D eigenvalue weighted by atomic mass is 35.5. The standard InChI is InChI=1S/C11H18ClN3O/c1-3-11(2)6-8(4-5-16-11)15-10(13)9(12)7-14-15/h7-8H,3-6,13H2,1-2H3. The van der Waals surface area contributed by atoms with Crippen molar-refractivity contribution in [3.8, 4) is 0 Å². The molecular weight excluding hydrogens is 226 g/mol. The van der Waals surface area contributed by atoms with Gasteiger partial charge in [-0.25, -0.2) is 4.68 Å². The topological polar surface area (TPSA) is 53.1 Å². The van der Waals surface area contributed by atoms with E-state index in [1.165, 1.54) is 0 Å². The van der Waals surface area contributed by atoms with Crippen molar-refractivity contribution in [2.75, 3.05) is 12.3 Å². The van der Waals surface area contributed by atoms with E-state index in [1.54, 1.807) is 6.20 Å². The van der Waals surface area contributed by atoms with Crippen LogP contribution in [0, 0.1) is 0 Å². The van der Waals surface area contributed by atoms with E-state index in [2.05, 4.69) is 18.9 Å². The summed E-state index contributed by atoms with van der Waals surface area (Å²) in [6.45, 7) is 5.04. The Morgan fingerprint density at radius 1 is 1.75 bits per heavy atom. The molecule has 2 rings (SSSR count). The van der Waals surface area contributed by atoms with Gasteiger partial charge in [-0.05, 0) is 26.2 Å². The van der Waals surface area contributed by atoms with E-state index < -0.39 is 0 Å². The third-order valence-corrected chi connectivity index (χ3v) is 3.74. The van der Waals surface area contributed by atoms with Crippen LogP contribution in [-0.4, -0.2) is 22.0 Å². The summed E-state index contributed by atoms with van der Waals surface area (Å²) in [5.41, 5.74) is 5.83. The zero-order valence-electron chi connectivity index (χ0n) is 9.74. The third kappa shape index (κ3) is 2.04. The Hall–Kier alpha value is -0.740. The van der Waals surface area contributed by atoms with E-state index >= 15 is 0 Å². The first-order chi connectivity index (χ1) is 7.56. The highest BCUT2D eigenvalue weighted by Gasteiger charge is 2.33. The molecule has 0 saturated carbocycles. The van der Waals surface area contributed by atoms with Gasteiger partial charge in [0.05, 0.1) is 17.8 Å². The number of ether oxygens (including phenoxy) is 1. The lowest BCUT2D eigenvalue weighted by Crippen LogP contribution is -2.37. The van der Waals surface area contributed by atoms with Crippen molar-refractivity contribution in [3.05, 3.63) is 11.2 Å². The van der Waals surface area contributed by atoms with Crippen LogP contribution in [0.3, 0.4) is 0 Å². The molecule has 0 bridgehead atoms. The Morgan fingerprint density at radius 2 is 2.50 bits per heavy atom. The average molecular weight is 244 g/mol. The summed E-state index contributed by atoms with van der Waals surface area (Å²) in [5, 5.41) is 4.78. The minimum Gasteiger partial charge on any atom is -0.383 e. The summed E-state index contributed by atoms with van der Waals surface area (Å²) < 4.78 is 7.63. The van der Waals surface area contributed by atoms with E-state index in [1.807, 2.05) is 4.68 Å². The molecule has 5 heteroatoms. The van der Waals surface area contributed by atoms with Crippen LogP contribution in [0.15, 0.2) is 6.20 Å². The second kappa shape index (κ2) is 4.26. The lowest BCUT2D eigenvalue weighted by molar-refractivity contribution is -0.0851. The number of nitrogen functional groups attached to an aromatic ring is 1. The molecule has 0 aliphatic carbocycles. The van der Waals surface area contributed by atoms with Crippen molar-refractivity contribution >= 4 is 17.4 Å². The minimum absolute atomic E-state index is 0.0617. The number of anilines is 1. The second-order valence-electron chi connectivity index (χ2n) is 4.62. The van der Waals surface area contributed by atoms with Crippen molar-refractivity contribution < 1.29 is 4.74 Å². The van der Waals surface area contributed by atoms with Crippen LogP contribution < -0.4 is 5.73 Å². The molecule has 0 aromatic carbocycles. The molecule has 1 fully saturated rings. The van der Waals surface area contributed by atoms with E-state index in [4.69, 9.17) is 22.1 Å². The molecule has 2 unspecified atom stereocenters. The molecule has 90 valence electrons. The van der Waals surface area contributed by atoms with Gasteiger partial charge in [-0.2, -0.15) is 5.10 Å². The smallest absolute Gasteiger partial charge is 0.140 e. The predicted molar refractivity (Wildman–Crippen MR) is 64.6 cm³/mol. The first-order valence-electron chi connectivity index (χ1n) is 5.68. The van der Waals surface area contributed by atoms with Crippen LogP contribution in [0.25, 0.3) is 0 Å². The fourth-order valence-corrected chi connectivity index (χ4v) is 2.33. The van der Waals surface area contributed by atoms with Gasteiger partial charge in [0.15, 0.2) is 0 Å². The SMILES string of the molecule is CCC1(C)CC(n2ncc(Cl)c2N)CCO1. The van der Waals surface area contributed by atoms with Gasteiger partial charge in [0.1, 0.15) is 10.8 Å². The number of hydrogen-bond donors (Lipinski definition) is 1. The molecule has 1 aromatic rings. The van der Waals surface area contributed by atoms with Crippen molar-refractivity contribution in [2.24, 2.45) is 0 Å². The number of nitrogens with zero attached hydrogens (tertiary/aromatic N) is 2. The highest BCUT2D eigenvalue weighted by Crippen LogP contribution is 2.36. The van der Waals surface area contributed by atoms with Crippen molar-refractivity contribution in [1.29, 1.82) is 0 Å². The summed E-state index contributed by atoms with van der Waals surface area (Å²) in [6.07, 6.45) is 4.48. The third-order valence-electron chi connectivity index (χ3n) is 3.45. The molecule has 0 amide bonds. The Kier molecular flexibility index (Phi) is 3.13. The van der Waals surface area contributed by atoms with E-state index in [-0.39, 0.29) is 5.60 Å². The number of rotatable bonds is 2. The zero-order chi connectivity index (χ0) is 11.8. The monoisotopic (exact) mass is 243 g/mol. The van der Waals surface area contributed by atoms with Gasteiger partial charge in [0, 0.05) is 6.61 Å². The van der Waals surface area contributed by atoms with Gasteiger partial charge in [-0.1, -0.05) is 18.5 Å². The fourth-order valence-electron chi connectivity index (χ4n) is 2.20. The molecular formula is C11H18ClN3O. The van der Waals surface area contributed by atoms with Crippen LogP contribution in [0.2, 0.25) is 5.02 Å². The average Bonchev–Trinajstić information content (AvgIpc) is 2.60. The second-order valence-corrected chi connectivity index (χ2v) is 5.03. The van der Waals surface area contributed by atoms with Crippen LogP contribution in [0.4, 0.5) is 5.82 Å². The van der Waals surface area contributed by atoms with E-state index in [0.29, 0.717) is 16.9 Å². The summed E-state index contributed by atoms with van der Waals surface area (Å²) in [7, 11) is 0. The van der Waals surface area contributed by atoms with Gasteiger partial charge in [-0.15, -0.1) is 0 Å². The molecule has 2 heterocycles. The molecule has 16 heavy (non-hydrogen) atoms. The van der Waals surface area contributed by atoms with Gasteiger partial charge < -0.3 is 10.5 Å². The van der Waals surface area contributed by atoms with Gasteiger partial charge in [-0.3, -0.25) is 0 Å². The van der Waals surface area contributed by atoms with E-state index in [9.17, 15) is 0 Å².